The second-order valence-electron chi connectivity index (χ2n) is 9.48. The van der Waals surface area contributed by atoms with Crippen LogP contribution < -0.4 is 10.1 Å². The van der Waals surface area contributed by atoms with E-state index in [1.165, 1.54) is 0 Å². The molecule has 2 bridgehead atoms. The predicted octanol–water partition coefficient (Wildman–Crippen LogP) is 1.87. The smallest absolute Gasteiger partial charge is 0.188 e. The van der Waals surface area contributed by atoms with Gasteiger partial charge in [0.15, 0.2) is 23.0 Å². The summed E-state index contributed by atoms with van der Waals surface area (Å²) in [5.74, 6) is 1.16. The molecule has 1 aromatic rings. The fourth-order valence-corrected chi connectivity index (χ4v) is 6.73. The van der Waals surface area contributed by atoms with Crippen LogP contribution in [0.4, 0.5) is 0 Å². The summed E-state index contributed by atoms with van der Waals surface area (Å²) in [5.41, 5.74) is 5.74. The number of hydrogen-bond donors (Lipinski definition) is 2. The fourth-order valence-electron chi connectivity index (χ4n) is 6.73. The molecule has 8 heteroatoms. The molecule has 4 aliphatic heterocycles. The zero-order valence-electron chi connectivity index (χ0n) is 19.1. The first-order valence-corrected chi connectivity index (χ1v) is 11.3. The molecule has 2 N–H and O–H groups in total. The number of piperazine rings is 1. The van der Waals surface area contributed by atoms with Crippen molar-refractivity contribution in [3.05, 3.63) is 45.2 Å². The number of methoxy groups -OCH3 is 2. The lowest BCUT2D eigenvalue weighted by Gasteiger charge is -2.56. The minimum atomic E-state index is -0.370. The first-order chi connectivity index (χ1) is 15.9. The van der Waals surface area contributed by atoms with E-state index in [9.17, 15) is 15.2 Å². The minimum Gasteiger partial charge on any atom is -0.504 e. The molecule has 5 aliphatic rings. The van der Waals surface area contributed by atoms with Crippen LogP contribution in [-0.2, 0) is 16.0 Å². The number of nitriles is 1. The highest BCUT2D eigenvalue weighted by molar-refractivity contribution is 6.27. The number of nitrogens with one attached hydrogen (secondary N) is 1. The first-order valence-electron chi connectivity index (χ1n) is 11.3. The van der Waals surface area contributed by atoms with E-state index in [0.717, 1.165) is 33.5 Å². The molecule has 0 amide bonds. The number of phenolic OH excluding ortho intramolecular Hbond substituents is 1. The standard InChI is InChI=1S/C25H26N4O4/c1-10-5-12-6-14-16(8-26)29-15(20(28-14)18(12)23(31)24(10)32-3)7-13-19-17(29)9-27-21(19)25(33-4)11(2)22(13)30/h5,14-17,20,28,31H,6-7,9H2,1-4H3/t14-,15?,16+,17?,20?/m1/s1. The third-order valence-electron chi connectivity index (χ3n) is 8.00. The molecule has 170 valence electrons. The number of benzene rings is 1. The van der Waals surface area contributed by atoms with Gasteiger partial charge in [-0.25, -0.2) is 0 Å². The van der Waals surface area contributed by atoms with Crippen molar-refractivity contribution in [2.45, 2.75) is 56.9 Å². The number of phenols is 1. The van der Waals surface area contributed by atoms with Crippen LogP contribution in [-0.4, -0.2) is 66.4 Å². The van der Waals surface area contributed by atoms with Crippen LogP contribution in [0.5, 0.6) is 11.5 Å². The maximum atomic E-state index is 13.4. The first kappa shape index (κ1) is 20.5. The molecule has 8 nitrogen and oxygen atoms in total. The average molecular weight is 447 g/mol. The summed E-state index contributed by atoms with van der Waals surface area (Å²) in [4.78, 5) is 20.4. The van der Waals surface area contributed by atoms with Gasteiger partial charge in [-0.15, -0.1) is 0 Å². The Kier molecular flexibility index (Phi) is 4.29. The Morgan fingerprint density at radius 3 is 2.76 bits per heavy atom. The molecular formula is C25H26N4O4. The lowest BCUT2D eigenvalue weighted by Crippen LogP contribution is -2.69. The molecule has 0 radical (unpaired) electrons. The molecule has 0 aromatic heterocycles. The quantitative estimate of drug-likeness (QED) is 0.668. The van der Waals surface area contributed by atoms with Gasteiger partial charge in [0.1, 0.15) is 11.8 Å². The number of carbonyl (C=O) groups excluding carboxylic acids is 1. The molecule has 0 spiro atoms. The van der Waals surface area contributed by atoms with Gasteiger partial charge in [0.2, 0.25) is 0 Å². The molecule has 0 saturated carbocycles. The molecule has 1 saturated heterocycles. The molecule has 33 heavy (non-hydrogen) atoms. The van der Waals surface area contributed by atoms with E-state index in [4.69, 9.17) is 14.5 Å². The van der Waals surface area contributed by atoms with Crippen molar-refractivity contribution in [1.82, 2.24) is 10.2 Å². The van der Waals surface area contributed by atoms with Crippen LogP contribution >= 0.6 is 0 Å². The summed E-state index contributed by atoms with van der Waals surface area (Å²) in [6, 6.07) is 3.61. The zero-order valence-corrected chi connectivity index (χ0v) is 19.1. The van der Waals surface area contributed by atoms with Gasteiger partial charge in [0, 0.05) is 34.4 Å². The van der Waals surface area contributed by atoms with Crippen molar-refractivity contribution in [3.63, 3.8) is 0 Å². The number of carbonyl (C=O) groups is 1. The van der Waals surface area contributed by atoms with Gasteiger partial charge < -0.3 is 19.9 Å². The van der Waals surface area contributed by atoms with Gasteiger partial charge in [-0.05, 0) is 37.8 Å². The summed E-state index contributed by atoms with van der Waals surface area (Å²) in [5, 5.41) is 25.1. The highest BCUT2D eigenvalue weighted by atomic mass is 16.5. The van der Waals surface area contributed by atoms with Crippen LogP contribution in [0.15, 0.2) is 33.5 Å². The van der Waals surface area contributed by atoms with E-state index in [2.05, 4.69) is 22.4 Å². The summed E-state index contributed by atoms with van der Waals surface area (Å²) in [7, 11) is 3.13. The predicted molar refractivity (Wildman–Crippen MR) is 120 cm³/mol. The molecule has 1 fully saturated rings. The second kappa shape index (κ2) is 6.92. The van der Waals surface area contributed by atoms with Crippen LogP contribution in [0.2, 0.25) is 0 Å². The lowest BCUT2D eigenvalue weighted by molar-refractivity contribution is -0.113. The number of Topliss-reactive ketones (excluding diaryl/α,β-unsaturated/α-hetero) is 1. The van der Waals surface area contributed by atoms with Crippen molar-refractivity contribution in [3.8, 4) is 17.6 Å². The average Bonchev–Trinajstić information content (AvgIpc) is 3.23. The molecule has 4 heterocycles. The van der Waals surface area contributed by atoms with Gasteiger partial charge in [0.05, 0.1) is 38.9 Å². The Bertz CT molecular complexity index is 1250. The van der Waals surface area contributed by atoms with Gasteiger partial charge in [-0.1, -0.05) is 6.07 Å². The number of ketones is 1. The summed E-state index contributed by atoms with van der Waals surface area (Å²) >= 11 is 0. The topological polar surface area (TPSA) is 107 Å². The van der Waals surface area contributed by atoms with Gasteiger partial charge in [-0.3, -0.25) is 14.7 Å². The maximum absolute atomic E-state index is 13.4. The van der Waals surface area contributed by atoms with Crippen molar-refractivity contribution in [1.29, 1.82) is 5.26 Å². The van der Waals surface area contributed by atoms with Crippen LogP contribution in [0.3, 0.4) is 0 Å². The molecule has 6 rings (SSSR count). The van der Waals surface area contributed by atoms with E-state index in [-0.39, 0.29) is 41.7 Å². The molecule has 1 aliphatic carbocycles. The number of allylic oxidation sites excluding steroid dienone is 2. The van der Waals surface area contributed by atoms with E-state index in [0.29, 0.717) is 36.5 Å². The number of rotatable bonds is 2. The SMILES string of the molecule is COC1=C(C)C(=O)C2=C3C1=NCC3N1C(C2)C2N[C@H](Cc3cc(C)c(OC)c(O)c32)[C@@H]1C#N. The van der Waals surface area contributed by atoms with E-state index in [1.807, 2.05) is 6.92 Å². The number of fused-ring (bicyclic) bond motifs is 7. The molecule has 1 aromatic carbocycles. The third-order valence-corrected chi connectivity index (χ3v) is 8.00. The molecule has 3 unspecified atom stereocenters. The van der Waals surface area contributed by atoms with Crippen molar-refractivity contribution >= 4 is 11.5 Å². The number of aryl methyl sites for hydroxylation is 1. The van der Waals surface area contributed by atoms with Crippen molar-refractivity contribution < 1.29 is 19.4 Å². The van der Waals surface area contributed by atoms with E-state index < -0.39 is 0 Å². The highest BCUT2D eigenvalue weighted by Crippen LogP contribution is 2.51. The number of ether oxygens (including phenoxy) is 2. The van der Waals surface area contributed by atoms with Crippen LogP contribution in [0.25, 0.3) is 0 Å². The number of nitrogens with zero attached hydrogens (tertiary/aromatic N) is 3. The van der Waals surface area contributed by atoms with Gasteiger partial charge in [-0.2, -0.15) is 5.26 Å². The summed E-state index contributed by atoms with van der Waals surface area (Å²) in [6.07, 6.45) is 1.12. The van der Waals surface area contributed by atoms with Crippen LogP contribution in [0, 0.1) is 18.3 Å². The fraction of sp³-hybridized carbons (Fsp3) is 0.480. The lowest BCUT2D eigenvalue weighted by atomic mass is 9.71. The minimum absolute atomic E-state index is 0.00952. The van der Waals surface area contributed by atoms with Crippen LogP contribution in [0.1, 0.15) is 36.1 Å². The summed E-state index contributed by atoms with van der Waals surface area (Å²) in [6.45, 7) is 4.20. The Morgan fingerprint density at radius 2 is 2.06 bits per heavy atom. The Morgan fingerprint density at radius 1 is 1.27 bits per heavy atom. The summed E-state index contributed by atoms with van der Waals surface area (Å²) < 4.78 is 11.1. The number of hydrogen-bond acceptors (Lipinski definition) is 8. The molecular weight excluding hydrogens is 420 g/mol. The highest BCUT2D eigenvalue weighted by Gasteiger charge is 2.56. The Hall–Kier alpha value is -3.15. The van der Waals surface area contributed by atoms with E-state index >= 15 is 0 Å². The molecule has 5 atom stereocenters. The van der Waals surface area contributed by atoms with E-state index in [1.54, 1.807) is 21.1 Å². The monoisotopic (exact) mass is 446 g/mol. The maximum Gasteiger partial charge on any atom is 0.188 e. The largest absolute Gasteiger partial charge is 0.504 e. The zero-order chi connectivity index (χ0) is 23.2. The number of aliphatic imine (C=N–C) groups is 1. The van der Waals surface area contributed by atoms with Gasteiger partial charge in [0.25, 0.3) is 0 Å². The third kappa shape index (κ3) is 2.47. The van der Waals surface area contributed by atoms with Crippen molar-refractivity contribution in [2.75, 3.05) is 20.8 Å². The Balaban J connectivity index is 1.53. The van der Waals surface area contributed by atoms with Gasteiger partial charge >= 0.3 is 0 Å². The van der Waals surface area contributed by atoms with Crippen molar-refractivity contribution in [2.24, 2.45) is 4.99 Å². The normalized spacial score (nSPS) is 32.0. The Labute approximate surface area is 192 Å². The number of aromatic hydroxyl groups is 1. The second-order valence-corrected chi connectivity index (χ2v) is 9.48.